The van der Waals surface area contributed by atoms with Crippen LogP contribution in [0.2, 0.25) is 0 Å². The minimum absolute atomic E-state index is 0.340. The van der Waals surface area contributed by atoms with Gasteiger partial charge in [0.25, 0.3) is 0 Å². The summed E-state index contributed by atoms with van der Waals surface area (Å²) in [5.74, 6) is 0.739. The van der Waals surface area contributed by atoms with Crippen molar-refractivity contribution in [3.63, 3.8) is 0 Å². The minimum atomic E-state index is 0.340. The first-order chi connectivity index (χ1) is 6.10. The Balaban J connectivity index is 2.48. The smallest absolute Gasteiger partial charge is 0.0433 e. The predicted molar refractivity (Wildman–Crippen MR) is 55.8 cm³/mol. The zero-order chi connectivity index (χ0) is 9.90. The summed E-state index contributed by atoms with van der Waals surface area (Å²) in [7, 11) is 0. The second-order valence-electron chi connectivity index (χ2n) is 4.76. The third-order valence-corrected chi connectivity index (χ3v) is 3.37. The molecule has 1 heterocycles. The third kappa shape index (κ3) is 2.68. The lowest BCUT2D eigenvalue weighted by Crippen LogP contribution is -2.49. The van der Waals surface area contributed by atoms with Crippen LogP contribution in [0.25, 0.3) is 0 Å². The quantitative estimate of drug-likeness (QED) is 0.725. The van der Waals surface area contributed by atoms with Crippen LogP contribution in [0.15, 0.2) is 0 Å². The molecule has 2 nitrogen and oxygen atoms in total. The monoisotopic (exact) mass is 185 g/mol. The first kappa shape index (κ1) is 11.0. The van der Waals surface area contributed by atoms with Gasteiger partial charge in [-0.15, -0.1) is 0 Å². The Kier molecular flexibility index (Phi) is 3.74. The SMILES string of the molecule is CCN1CCC(CCO)CC1(C)C. The average molecular weight is 185 g/mol. The summed E-state index contributed by atoms with van der Waals surface area (Å²) in [4.78, 5) is 2.54. The number of hydrogen-bond donors (Lipinski definition) is 1. The average Bonchev–Trinajstić information content (AvgIpc) is 2.03. The Labute approximate surface area is 81.9 Å². The predicted octanol–water partition coefficient (Wildman–Crippen LogP) is 1.88. The highest BCUT2D eigenvalue weighted by Gasteiger charge is 2.32. The largest absolute Gasteiger partial charge is 0.396 e. The van der Waals surface area contributed by atoms with Crippen LogP contribution in [0.5, 0.6) is 0 Å². The second kappa shape index (κ2) is 4.43. The molecule has 2 heteroatoms. The fourth-order valence-electron chi connectivity index (χ4n) is 2.59. The van der Waals surface area contributed by atoms with E-state index in [4.69, 9.17) is 5.11 Å². The van der Waals surface area contributed by atoms with E-state index in [1.165, 1.54) is 19.4 Å². The van der Waals surface area contributed by atoms with Gasteiger partial charge in [0.2, 0.25) is 0 Å². The first-order valence-electron chi connectivity index (χ1n) is 5.46. The summed E-state index contributed by atoms with van der Waals surface area (Å²) >= 11 is 0. The van der Waals surface area contributed by atoms with Crippen LogP contribution in [0.3, 0.4) is 0 Å². The van der Waals surface area contributed by atoms with Crippen molar-refractivity contribution in [2.45, 2.75) is 45.6 Å². The molecule has 0 bridgehead atoms. The van der Waals surface area contributed by atoms with Gasteiger partial charge in [-0.1, -0.05) is 6.92 Å². The Morgan fingerprint density at radius 3 is 2.62 bits per heavy atom. The van der Waals surface area contributed by atoms with Gasteiger partial charge in [0, 0.05) is 12.1 Å². The van der Waals surface area contributed by atoms with E-state index in [0.29, 0.717) is 12.1 Å². The van der Waals surface area contributed by atoms with Crippen LogP contribution in [-0.2, 0) is 0 Å². The lowest BCUT2D eigenvalue weighted by Gasteiger charge is -2.45. The summed E-state index contributed by atoms with van der Waals surface area (Å²) in [6, 6.07) is 0. The van der Waals surface area contributed by atoms with E-state index in [-0.39, 0.29) is 0 Å². The van der Waals surface area contributed by atoms with Crippen molar-refractivity contribution in [3.8, 4) is 0 Å². The number of piperidine rings is 1. The lowest BCUT2D eigenvalue weighted by atomic mass is 9.81. The standard InChI is InChI=1S/C11H23NO/c1-4-12-7-5-10(6-8-13)9-11(12,2)3/h10,13H,4-9H2,1-3H3. The van der Waals surface area contributed by atoms with Crippen LogP contribution in [0.4, 0.5) is 0 Å². The normalized spacial score (nSPS) is 29.1. The fourth-order valence-corrected chi connectivity index (χ4v) is 2.59. The maximum absolute atomic E-state index is 8.90. The van der Waals surface area contributed by atoms with Gasteiger partial charge >= 0.3 is 0 Å². The molecule has 0 radical (unpaired) electrons. The maximum atomic E-state index is 8.90. The molecule has 1 fully saturated rings. The van der Waals surface area contributed by atoms with Crippen molar-refractivity contribution in [1.29, 1.82) is 0 Å². The molecule has 78 valence electrons. The van der Waals surface area contributed by atoms with E-state index in [0.717, 1.165) is 18.9 Å². The van der Waals surface area contributed by atoms with Gasteiger partial charge in [-0.3, -0.25) is 4.90 Å². The Bertz CT molecular complexity index is 156. The van der Waals surface area contributed by atoms with E-state index in [1.807, 2.05) is 0 Å². The van der Waals surface area contributed by atoms with Crippen LogP contribution < -0.4 is 0 Å². The number of rotatable bonds is 3. The molecule has 1 rings (SSSR count). The molecule has 0 amide bonds. The molecule has 0 aliphatic carbocycles. The van der Waals surface area contributed by atoms with Gasteiger partial charge in [0.05, 0.1) is 0 Å². The molecule has 1 N–H and O–H groups in total. The van der Waals surface area contributed by atoms with Crippen LogP contribution >= 0.6 is 0 Å². The van der Waals surface area contributed by atoms with Gasteiger partial charge in [0.1, 0.15) is 0 Å². The summed E-state index contributed by atoms with van der Waals surface area (Å²) < 4.78 is 0. The number of aliphatic hydroxyl groups is 1. The molecule has 1 atom stereocenters. The number of nitrogens with zero attached hydrogens (tertiary/aromatic N) is 1. The third-order valence-electron chi connectivity index (χ3n) is 3.37. The molecule has 1 aliphatic rings. The van der Waals surface area contributed by atoms with Gasteiger partial charge in [-0.2, -0.15) is 0 Å². The van der Waals surface area contributed by atoms with Crippen molar-refractivity contribution < 1.29 is 5.11 Å². The number of aliphatic hydroxyl groups excluding tert-OH is 1. The van der Waals surface area contributed by atoms with Crippen molar-refractivity contribution in [1.82, 2.24) is 4.90 Å². The van der Waals surface area contributed by atoms with E-state index in [2.05, 4.69) is 25.7 Å². The lowest BCUT2D eigenvalue weighted by molar-refractivity contribution is 0.0438. The summed E-state index contributed by atoms with van der Waals surface area (Å²) in [6.07, 6.45) is 3.49. The zero-order valence-electron chi connectivity index (χ0n) is 9.21. The van der Waals surface area contributed by atoms with Crippen LogP contribution in [0.1, 0.15) is 40.0 Å². The molecule has 0 saturated carbocycles. The Hall–Kier alpha value is -0.0800. The Morgan fingerprint density at radius 1 is 1.46 bits per heavy atom. The summed E-state index contributed by atoms with van der Waals surface area (Å²) in [6.45, 7) is 9.58. The molecule has 1 unspecified atom stereocenters. The fraction of sp³-hybridized carbons (Fsp3) is 1.00. The summed E-state index contributed by atoms with van der Waals surface area (Å²) in [5.41, 5.74) is 0.340. The van der Waals surface area contributed by atoms with E-state index >= 15 is 0 Å². The maximum Gasteiger partial charge on any atom is 0.0433 e. The van der Waals surface area contributed by atoms with E-state index in [9.17, 15) is 0 Å². The molecule has 0 aromatic heterocycles. The van der Waals surface area contributed by atoms with Crippen molar-refractivity contribution >= 4 is 0 Å². The highest BCUT2D eigenvalue weighted by molar-refractivity contribution is 4.88. The van der Waals surface area contributed by atoms with Gasteiger partial charge in [-0.25, -0.2) is 0 Å². The van der Waals surface area contributed by atoms with E-state index < -0.39 is 0 Å². The molecule has 0 aromatic carbocycles. The highest BCUT2D eigenvalue weighted by Crippen LogP contribution is 2.32. The van der Waals surface area contributed by atoms with Gasteiger partial charge < -0.3 is 5.11 Å². The van der Waals surface area contributed by atoms with Crippen molar-refractivity contribution in [3.05, 3.63) is 0 Å². The molecular formula is C11H23NO. The number of likely N-dealkylation sites (tertiary alicyclic amines) is 1. The Morgan fingerprint density at radius 2 is 2.15 bits per heavy atom. The molecule has 1 aliphatic heterocycles. The van der Waals surface area contributed by atoms with Crippen LogP contribution in [0, 0.1) is 5.92 Å². The van der Waals surface area contributed by atoms with Crippen LogP contribution in [-0.4, -0.2) is 35.2 Å². The van der Waals surface area contributed by atoms with E-state index in [1.54, 1.807) is 0 Å². The van der Waals surface area contributed by atoms with Gasteiger partial charge in [0.15, 0.2) is 0 Å². The van der Waals surface area contributed by atoms with Crippen molar-refractivity contribution in [2.24, 2.45) is 5.92 Å². The van der Waals surface area contributed by atoms with Crippen molar-refractivity contribution in [2.75, 3.05) is 19.7 Å². The molecule has 0 aromatic rings. The molecule has 13 heavy (non-hydrogen) atoms. The topological polar surface area (TPSA) is 23.5 Å². The minimum Gasteiger partial charge on any atom is -0.396 e. The molecular weight excluding hydrogens is 162 g/mol. The second-order valence-corrected chi connectivity index (χ2v) is 4.76. The summed E-state index contributed by atoms with van der Waals surface area (Å²) in [5, 5.41) is 8.90. The zero-order valence-corrected chi connectivity index (χ0v) is 9.21. The molecule has 0 spiro atoms. The highest BCUT2D eigenvalue weighted by atomic mass is 16.3. The number of hydrogen-bond acceptors (Lipinski definition) is 2. The van der Waals surface area contributed by atoms with Gasteiger partial charge in [-0.05, 0) is 52.1 Å². The first-order valence-corrected chi connectivity index (χ1v) is 5.46. The molecule has 1 saturated heterocycles.